The summed E-state index contributed by atoms with van der Waals surface area (Å²) < 4.78 is 2.22. The minimum atomic E-state index is 0.122. The Bertz CT molecular complexity index is 374. The third-order valence-electron chi connectivity index (χ3n) is 4.35. The molecule has 4 heteroatoms. The van der Waals surface area contributed by atoms with E-state index in [2.05, 4.69) is 28.3 Å². The zero-order valence-electron chi connectivity index (χ0n) is 12.4. The predicted molar refractivity (Wildman–Crippen MR) is 78.9 cm³/mol. The minimum Gasteiger partial charge on any atom is -0.333 e. The monoisotopic (exact) mass is 264 g/mol. The van der Waals surface area contributed by atoms with Gasteiger partial charge in [-0.1, -0.05) is 13.3 Å². The number of aryl methyl sites for hydroxylation is 1. The van der Waals surface area contributed by atoms with Gasteiger partial charge in [-0.3, -0.25) is 0 Å². The smallest absolute Gasteiger partial charge is 0.0948 e. The molecule has 0 spiro atoms. The van der Waals surface area contributed by atoms with Gasteiger partial charge in [0.1, 0.15) is 0 Å². The van der Waals surface area contributed by atoms with E-state index >= 15 is 0 Å². The Kier molecular flexibility index (Phi) is 5.40. The van der Waals surface area contributed by atoms with Crippen LogP contribution in [0.25, 0.3) is 0 Å². The molecule has 0 bridgehead atoms. The number of piperidine rings is 1. The molecular formula is C15H28N4. The van der Waals surface area contributed by atoms with E-state index in [1.807, 2.05) is 12.5 Å². The lowest BCUT2D eigenvalue weighted by Crippen LogP contribution is -2.38. The number of hydrogen-bond acceptors (Lipinski definition) is 3. The van der Waals surface area contributed by atoms with E-state index in [4.69, 9.17) is 5.73 Å². The zero-order chi connectivity index (χ0) is 13.7. The molecule has 0 radical (unpaired) electrons. The van der Waals surface area contributed by atoms with Crippen LogP contribution in [-0.4, -0.2) is 33.6 Å². The van der Waals surface area contributed by atoms with Gasteiger partial charge in [-0.15, -0.1) is 0 Å². The predicted octanol–water partition coefficient (Wildman–Crippen LogP) is 2.56. The van der Waals surface area contributed by atoms with Crippen LogP contribution in [0.15, 0.2) is 12.5 Å². The first-order valence-corrected chi connectivity index (χ1v) is 7.72. The van der Waals surface area contributed by atoms with Crippen molar-refractivity contribution in [2.75, 3.05) is 13.1 Å². The molecule has 4 nitrogen and oxygen atoms in total. The largest absolute Gasteiger partial charge is 0.333 e. The summed E-state index contributed by atoms with van der Waals surface area (Å²) >= 11 is 0. The van der Waals surface area contributed by atoms with Crippen molar-refractivity contribution in [2.45, 2.75) is 64.6 Å². The summed E-state index contributed by atoms with van der Waals surface area (Å²) in [7, 11) is 0. The Morgan fingerprint density at radius 3 is 3.00 bits per heavy atom. The Morgan fingerprint density at radius 1 is 1.42 bits per heavy atom. The topological polar surface area (TPSA) is 47.1 Å². The minimum absolute atomic E-state index is 0.122. The standard InChI is InChI=1S/C15H28N4/c1-3-14(16)15-11-17-12-19(15)10-6-9-18-8-5-4-7-13(18)2/h11-14H,3-10,16H2,1-2H3/t13?,14-/m1/s1. The number of nitrogens with zero attached hydrogens (tertiary/aromatic N) is 3. The first-order chi connectivity index (χ1) is 9.22. The van der Waals surface area contributed by atoms with E-state index in [0.29, 0.717) is 0 Å². The van der Waals surface area contributed by atoms with Crippen LogP contribution in [0.5, 0.6) is 0 Å². The number of nitrogens with two attached hydrogens (primary N) is 1. The summed E-state index contributed by atoms with van der Waals surface area (Å²) in [5, 5.41) is 0. The van der Waals surface area contributed by atoms with Crippen LogP contribution < -0.4 is 5.73 Å². The summed E-state index contributed by atoms with van der Waals surface area (Å²) in [4.78, 5) is 6.87. The van der Waals surface area contributed by atoms with Gasteiger partial charge >= 0.3 is 0 Å². The molecule has 0 saturated carbocycles. The molecular weight excluding hydrogens is 236 g/mol. The Hall–Kier alpha value is -0.870. The normalized spacial score (nSPS) is 22.6. The molecule has 108 valence electrons. The molecule has 1 aliphatic rings. The van der Waals surface area contributed by atoms with Gasteiger partial charge < -0.3 is 15.2 Å². The van der Waals surface area contributed by atoms with Gasteiger partial charge in [0.05, 0.1) is 12.0 Å². The lowest BCUT2D eigenvalue weighted by atomic mass is 10.0. The molecule has 0 aliphatic carbocycles. The summed E-state index contributed by atoms with van der Waals surface area (Å²) in [6.07, 6.45) is 10.1. The fourth-order valence-corrected chi connectivity index (χ4v) is 2.97. The van der Waals surface area contributed by atoms with E-state index in [1.165, 1.54) is 44.5 Å². The van der Waals surface area contributed by atoms with Crippen LogP contribution in [0, 0.1) is 0 Å². The van der Waals surface area contributed by atoms with Crippen LogP contribution in [0.3, 0.4) is 0 Å². The van der Waals surface area contributed by atoms with Crippen LogP contribution in [0.4, 0.5) is 0 Å². The molecule has 0 amide bonds. The molecule has 1 saturated heterocycles. The summed E-state index contributed by atoms with van der Waals surface area (Å²) in [6, 6.07) is 0.880. The molecule has 1 aromatic heterocycles. The van der Waals surface area contributed by atoms with Crippen molar-refractivity contribution in [3.63, 3.8) is 0 Å². The second kappa shape index (κ2) is 7.06. The van der Waals surface area contributed by atoms with Gasteiger partial charge in [-0.2, -0.15) is 0 Å². The molecule has 1 aromatic rings. The van der Waals surface area contributed by atoms with Gasteiger partial charge in [0, 0.05) is 31.4 Å². The van der Waals surface area contributed by atoms with Gasteiger partial charge in [0.25, 0.3) is 0 Å². The van der Waals surface area contributed by atoms with E-state index in [9.17, 15) is 0 Å². The number of likely N-dealkylation sites (tertiary alicyclic amines) is 1. The zero-order valence-corrected chi connectivity index (χ0v) is 12.4. The Labute approximate surface area is 117 Å². The third-order valence-corrected chi connectivity index (χ3v) is 4.35. The van der Waals surface area contributed by atoms with E-state index in [0.717, 1.165) is 19.0 Å². The van der Waals surface area contributed by atoms with Crippen LogP contribution in [0.2, 0.25) is 0 Å². The number of hydrogen-bond donors (Lipinski definition) is 1. The van der Waals surface area contributed by atoms with Crippen molar-refractivity contribution in [1.29, 1.82) is 0 Å². The summed E-state index contributed by atoms with van der Waals surface area (Å²) in [5.74, 6) is 0. The maximum Gasteiger partial charge on any atom is 0.0948 e. The quantitative estimate of drug-likeness (QED) is 0.859. The van der Waals surface area contributed by atoms with Crippen molar-refractivity contribution in [3.05, 3.63) is 18.2 Å². The Morgan fingerprint density at radius 2 is 2.26 bits per heavy atom. The third kappa shape index (κ3) is 3.80. The molecule has 2 rings (SSSR count). The van der Waals surface area contributed by atoms with E-state index < -0.39 is 0 Å². The van der Waals surface area contributed by atoms with Crippen molar-refractivity contribution in [1.82, 2.24) is 14.5 Å². The van der Waals surface area contributed by atoms with Gasteiger partial charge in [-0.25, -0.2) is 4.98 Å². The maximum atomic E-state index is 6.10. The highest BCUT2D eigenvalue weighted by molar-refractivity contribution is 5.04. The number of imidazole rings is 1. The van der Waals surface area contributed by atoms with Crippen molar-refractivity contribution >= 4 is 0 Å². The number of aromatic nitrogens is 2. The SMILES string of the molecule is CC[C@@H](N)c1cncn1CCCN1CCCCC1C. The van der Waals surface area contributed by atoms with Crippen molar-refractivity contribution in [2.24, 2.45) is 5.73 Å². The Balaban J connectivity index is 1.80. The molecule has 1 unspecified atom stereocenters. The second-order valence-electron chi connectivity index (χ2n) is 5.76. The molecule has 0 aromatic carbocycles. The number of rotatable bonds is 6. The molecule has 2 heterocycles. The molecule has 1 aliphatic heterocycles. The lowest BCUT2D eigenvalue weighted by Gasteiger charge is -2.33. The molecule has 2 atom stereocenters. The van der Waals surface area contributed by atoms with Crippen molar-refractivity contribution < 1.29 is 0 Å². The van der Waals surface area contributed by atoms with E-state index in [-0.39, 0.29) is 6.04 Å². The fourth-order valence-electron chi connectivity index (χ4n) is 2.97. The highest BCUT2D eigenvalue weighted by atomic mass is 15.2. The van der Waals surface area contributed by atoms with E-state index in [1.54, 1.807) is 0 Å². The van der Waals surface area contributed by atoms with Gasteiger partial charge in [0.15, 0.2) is 0 Å². The average molecular weight is 264 g/mol. The highest BCUT2D eigenvalue weighted by Gasteiger charge is 2.17. The first kappa shape index (κ1) is 14.5. The fraction of sp³-hybridized carbons (Fsp3) is 0.800. The lowest BCUT2D eigenvalue weighted by molar-refractivity contribution is 0.156. The molecule has 19 heavy (non-hydrogen) atoms. The first-order valence-electron chi connectivity index (χ1n) is 7.72. The van der Waals surface area contributed by atoms with Crippen LogP contribution in [-0.2, 0) is 6.54 Å². The molecule has 1 fully saturated rings. The van der Waals surface area contributed by atoms with Crippen LogP contribution >= 0.6 is 0 Å². The second-order valence-corrected chi connectivity index (χ2v) is 5.76. The maximum absolute atomic E-state index is 6.10. The summed E-state index contributed by atoms with van der Waals surface area (Å²) in [6.45, 7) is 7.98. The van der Waals surface area contributed by atoms with Gasteiger partial charge in [-0.05, 0) is 39.2 Å². The van der Waals surface area contributed by atoms with Crippen molar-refractivity contribution in [3.8, 4) is 0 Å². The average Bonchev–Trinajstić information content (AvgIpc) is 2.88. The highest BCUT2D eigenvalue weighted by Crippen LogP contribution is 2.17. The summed E-state index contributed by atoms with van der Waals surface area (Å²) in [5.41, 5.74) is 7.28. The molecule has 2 N–H and O–H groups in total. The van der Waals surface area contributed by atoms with Crippen LogP contribution in [0.1, 0.15) is 57.7 Å². The van der Waals surface area contributed by atoms with Gasteiger partial charge in [0.2, 0.25) is 0 Å².